The molecule has 0 aliphatic heterocycles. The van der Waals surface area contributed by atoms with Gasteiger partial charge in [-0.05, 0) is 44.6 Å². The number of hydrogen-bond donors (Lipinski definition) is 1. The van der Waals surface area contributed by atoms with Crippen molar-refractivity contribution in [3.05, 3.63) is 17.5 Å². The summed E-state index contributed by atoms with van der Waals surface area (Å²) in [5.41, 5.74) is 1.54. The summed E-state index contributed by atoms with van der Waals surface area (Å²) in [4.78, 5) is 12.3. The molecular weight excluding hydrogens is 274 g/mol. The van der Waals surface area contributed by atoms with Crippen LogP contribution < -0.4 is 5.32 Å². The molecule has 1 fully saturated rings. The Morgan fingerprint density at radius 2 is 2.15 bits per heavy atom. The third-order valence-corrected chi connectivity index (χ3v) is 4.62. The van der Waals surface area contributed by atoms with Crippen molar-refractivity contribution in [3.8, 4) is 0 Å². The Morgan fingerprint density at radius 1 is 1.45 bits per heavy atom. The van der Waals surface area contributed by atoms with Crippen molar-refractivity contribution in [1.82, 2.24) is 15.1 Å². The van der Waals surface area contributed by atoms with Crippen LogP contribution in [-0.2, 0) is 6.54 Å². The van der Waals surface area contributed by atoms with Crippen molar-refractivity contribution in [2.75, 3.05) is 12.4 Å². The highest BCUT2D eigenvalue weighted by molar-refractivity contribution is 6.18. The van der Waals surface area contributed by atoms with Gasteiger partial charge in [0.2, 0.25) is 0 Å². The Balaban J connectivity index is 1.94. The molecule has 0 aromatic carbocycles. The smallest absolute Gasteiger partial charge is 0.269 e. The lowest BCUT2D eigenvalue weighted by Gasteiger charge is -2.30. The van der Waals surface area contributed by atoms with Gasteiger partial charge >= 0.3 is 0 Å². The van der Waals surface area contributed by atoms with Gasteiger partial charge in [-0.2, -0.15) is 5.10 Å². The second-order valence-corrected chi connectivity index (χ2v) is 5.96. The molecular formula is C15H24ClN3O. The number of carbonyl (C=O) groups excluding carboxylic acids is 1. The predicted octanol–water partition coefficient (Wildman–Crippen LogP) is 2.99. The summed E-state index contributed by atoms with van der Waals surface area (Å²) in [7, 11) is 0. The fourth-order valence-electron chi connectivity index (χ4n) is 3.04. The first kappa shape index (κ1) is 15.4. The van der Waals surface area contributed by atoms with Gasteiger partial charge in [0.25, 0.3) is 5.91 Å². The van der Waals surface area contributed by atoms with Crippen molar-refractivity contribution in [2.24, 2.45) is 11.8 Å². The number of nitrogens with zero attached hydrogens (tertiary/aromatic N) is 2. The van der Waals surface area contributed by atoms with Crippen LogP contribution in [0.25, 0.3) is 0 Å². The van der Waals surface area contributed by atoms with E-state index in [0.717, 1.165) is 12.2 Å². The van der Waals surface area contributed by atoms with Crippen LogP contribution in [0.4, 0.5) is 0 Å². The highest BCUT2D eigenvalue weighted by Crippen LogP contribution is 2.30. The highest BCUT2D eigenvalue weighted by atomic mass is 35.5. The van der Waals surface area contributed by atoms with E-state index in [-0.39, 0.29) is 5.91 Å². The summed E-state index contributed by atoms with van der Waals surface area (Å²) in [6.45, 7) is 5.34. The van der Waals surface area contributed by atoms with Crippen molar-refractivity contribution in [3.63, 3.8) is 0 Å². The zero-order valence-electron chi connectivity index (χ0n) is 12.4. The van der Waals surface area contributed by atoms with Gasteiger partial charge < -0.3 is 5.32 Å². The molecule has 1 aromatic rings. The van der Waals surface area contributed by atoms with Crippen LogP contribution >= 0.6 is 11.6 Å². The number of aromatic nitrogens is 2. The van der Waals surface area contributed by atoms with Crippen LogP contribution in [0, 0.1) is 18.8 Å². The van der Waals surface area contributed by atoms with Gasteiger partial charge in [-0.15, -0.1) is 11.6 Å². The molecule has 1 aliphatic rings. The Bertz CT molecular complexity index is 458. The first-order chi connectivity index (χ1) is 9.65. The molecule has 1 aliphatic carbocycles. The van der Waals surface area contributed by atoms with Gasteiger partial charge in [-0.25, -0.2) is 0 Å². The third kappa shape index (κ3) is 3.54. The maximum absolute atomic E-state index is 12.3. The van der Waals surface area contributed by atoms with Gasteiger partial charge in [-0.3, -0.25) is 9.48 Å². The number of halogens is 1. The van der Waals surface area contributed by atoms with Crippen LogP contribution in [0.3, 0.4) is 0 Å². The van der Waals surface area contributed by atoms with E-state index in [1.54, 1.807) is 4.68 Å². The monoisotopic (exact) mass is 297 g/mol. The molecule has 0 radical (unpaired) electrons. The first-order valence-corrected chi connectivity index (χ1v) is 8.07. The van der Waals surface area contributed by atoms with Gasteiger partial charge in [0.1, 0.15) is 5.69 Å². The maximum atomic E-state index is 12.3. The lowest BCUT2D eigenvalue weighted by Crippen LogP contribution is -2.35. The van der Waals surface area contributed by atoms with Gasteiger partial charge in [0.15, 0.2) is 0 Å². The van der Waals surface area contributed by atoms with Crippen molar-refractivity contribution >= 4 is 17.5 Å². The second-order valence-electron chi connectivity index (χ2n) is 5.66. The largest absolute Gasteiger partial charge is 0.350 e. The first-order valence-electron chi connectivity index (χ1n) is 7.54. The molecule has 2 unspecified atom stereocenters. The number of carbonyl (C=O) groups is 1. The fourth-order valence-corrected chi connectivity index (χ4v) is 3.45. The van der Waals surface area contributed by atoms with Crippen LogP contribution in [-0.4, -0.2) is 28.1 Å². The van der Waals surface area contributed by atoms with E-state index in [2.05, 4.69) is 10.4 Å². The molecule has 4 nitrogen and oxygen atoms in total. The van der Waals surface area contributed by atoms with E-state index in [4.69, 9.17) is 11.6 Å². The summed E-state index contributed by atoms with van der Waals surface area (Å²) < 4.78 is 1.75. The molecule has 1 aromatic heterocycles. The minimum atomic E-state index is -0.0219. The van der Waals surface area contributed by atoms with E-state index in [1.807, 2.05) is 19.9 Å². The van der Waals surface area contributed by atoms with E-state index in [0.29, 0.717) is 30.0 Å². The molecule has 1 N–H and O–H groups in total. The summed E-state index contributed by atoms with van der Waals surface area (Å²) in [5, 5.41) is 7.37. The van der Waals surface area contributed by atoms with Crippen LogP contribution in [0.15, 0.2) is 6.07 Å². The normalized spacial score (nSPS) is 22.8. The molecule has 5 heteroatoms. The number of amides is 1. The van der Waals surface area contributed by atoms with Gasteiger partial charge in [-0.1, -0.05) is 12.8 Å². The average Bonchev–Trinajstić information content (AvgIpc) is 2.86. The Labute approximate surface area is 125 Å². The van der Waals surface area contributed by atoms with Crippen molar-refractivity contribution < 1.29 is 4.79 Å². The quantitative estimate of drug-likeness (QED) is 0.849. The van der Waals surface area contributed by atoms with Crippen LogP contribution in [0.1, 0.15) is 48.8 Å². The Hall–Kier alpha value is -1.03. The number of alkyl halides is 1. The fraction of sp³-hybridized carbons (Fsp3) is 0.733. The van der Waals surface area contributed by atoms with Crippen molar-refractivity contribution in [2.45, 2.75) is 46.1 Å². The number of hydrogen-bond acceptors (Lipinski definition) is 2. The molecule has 112 valence electrons. The van der Waals surface area contributed by atoms with Crippen molar-refractivity contribution in [1.29, 1.82) is 0 Å². The third-order valence-electron chi connectivity index (χ3n) is 4.22. The maximum Gasteiger partial charge on any atom is 0.269 e. The number of rotatable bonds is 5. The van der Waals surface area contributed by atoms with Crippen LogP contribution in [0.2, 0.25) is 0 Å². The molecule has 1 heterocycles. The number of aryl methyl sites for hydroxylation is 2. The van der Waals surface area contributed by atoms with E-state index in [9.17, 15) is 4.79 Å². The minimum Gasteiger partial charge on any atom is -0.350 e. The average molecular weight is 298 g/mol. The predicted molar refractivity (Wildman–Crippen MR) is 81.1 cm³/mol. The minimum absolute atomic E-state index is 0.0219. The molecule has 1 amide bonds. The number of nitrogens with one attached hydrogen (secondary N) is 1. The molecule has 2 rings (SSSR count). The Morgan fingerprint density at radius 3 is 2.80 bits per heavy atom. The zero-order chi connectivity index (χ0) is 14.5. The topological polar surface area (TPSA) is 46.9 Å². The van der Waals surface area contributed by atoms with Crippen LogP contribution in [0.5, 0.6) is 0 Å². The molecule has 2 atom stereocenters. The summed E-state index contributed by atoms with van der Waals surface area (Å²) in [5.74, 6) is 1.74. The molecule has 20 heavy (non-hydrogen) atoms. The summed E-state index contributed by atoms with van der Waals surface area (Å²) in [6, 6.07) is 1.85. The molecule has 1 saturated carbocycles. The Kier molecular flexibility index (Phi) is 5.46. The van der Waals surface area contributed by atoms with E-state index >= 15 is 0 Å². The molecule has 0 saturated heterocycles. The SMILES string of the molecule is CCn1nc(C)cc1C(=O)NCC1CCCCC1CCl. The molecule has 0 bridgehead atoms. The molecule has 0 spiro atoms. The van der Waals surface area contributed by atoms with E-state index < -0.39 is 0 Å². The lowest BCUT2D eigenvalue weighted by atomic mass is 9.80. The van der Waals surface area contributed by atoms with Gasteiger partial charge in [0, 0.05) is 19.0 Å². The van der Waals surface area contributed by atoms with Gasteiger partial charge in [0.05, 0.1) is 5.69 Å². The standard InChI is InChI=1S/C15H24ClN3O/c1-3-19-14(8-11(2)18-19)15(20)17-10-13-7-5-4-6-12(13)9-16/h8,12-13H,3-7,9-10H2,1-2H3,(H,17,20). The summed E-state index contributed by atoms with van der Waals surface area (Å²) >= 11 is 6.03. The second kappa shape index (κ2) is 7.11. The summed E-state index contributed by atoms with van der Waals surface area (Å²) in [6.07, 6.45) is 4.88. The zero-order valence-corrected chi connectivity index (χ0v) is 13.1. The highest BCUT2D eigenvalue weighted by Gasteiger charge is 2.25. The lowest BCUT2D eigenvalue weighted by molar-refractivity contribution is 0.0926. The van der Waals surface area contributed by atoms with E-state index in [1.165, 1.54) is 25.7 Å².